The van der Waals surface area contributed by atoms with Crippen LogP contribution in [0.5, 0.6) is 11.5 Å². The molecule has 2 nitrogen and oxygen atoms in total. The molecule has 0 unspecified atom stereocenters. The molecule has 2 N–H and O–H groups in total. The normalized spacial score (nSPS) is 12.5. The van der Waals surface area contributed by atoms with Crippen molar-refractivity contribution in [2.75, 3.05) is 5.73 Å². The first-order valence-corrected chi connectivity index (χ1v) is 6.80. The first-order chi connectivity index (χ1) is 11.1. The third-order valence-electron chi connectivity index (χ3n) is 3.09. The molecule has 2 aromatic carbocycles. The standard InChI is InChI=1S/C15H10ClF6NO/c16-11-7-9(23)3-6-12(11)24-10-4-1-8(2-5-10)14(19,20)15(21,22)13(17)18/h1-7,13H,23H2. The molecule has 0 heterocycles. The predicted octanol–water partition coefficient (Wildman–Crippen LogP) is 5.71. The average Bonchev–Trinajstić information content (AvgIpc) is 2.50. The average molecular weight is 370 g/mol. The maximum absolute atomic E-state index is 13.5. The number of hydrogen-bond donors (Lipinski definition) is 1. The van der Waals surface area contributed by atoms with E-state index in [1.54, 1.807) is 0 Å². The number of nitrogen functional groups attached to an aromatic ring is 1. The number of benzene rings is 2. The maximum atomic E-state index is 13.5. The fraction of sp³-hybridized carbons (Fsp3) is 0.200. The Kier molecular flexibility index (Phi) is 4.89. The summed E-state index contributed by atoms with van der Waals surface area (Å²) >= 11 is 5.87. The largest absolute Gasteiger partial charge is 0.456 e. The molecule has 0 spiro atoms. The van der Waals surface area contributed by atoms with E-state index in [0.717, 1.165) is 12.1 Å². The summed E-state index contributed by atoms with van der Waals surface area (Å²) < 4.78 is 82.7. The number of hydrogen-bond acceptors (Lipinski definition) is 2. The van der Waals surface area contributed by atoms with Crippen LogP contribution in [0.1, 0.15) is 5.56 Å². The van der Waals surface area contributed by atoms with E-state index < -0.39 is 23.8 Å². The molecule has 24 heavy (non-hydrogen) atoms. The van der Waals surface area contributed by atoms with Gasteiger partial charge >= 0.3 is 18.3 Å². The fourth-order valence-electron chi connectivity index (χ4n) is 1.79. The van der Waals surface area contributed by atoms with Crippen LogP contribution in [-0.2, 0) is 5.92 Å². The molecular weight excluding hydrogens is 360 g/mol. The third-order valence-corrected chi connectivity index (χ3v) is 3.39. The minimum atomic E-state index is -5.49. The quantitative estimate of drug-likeness (QED) is 0.541. The van der Waals surface area contributed by atoms with Gasteiger partial charge in [-0.05, 0) is 42.5 Å². The van der Waals surface area contributed by atoms with Crippen LogP contribution in [0.15, 0.2) is 42.5 Å². The molecule has 0 saturated carbocycles. The lowest BCUT2D eigenvalue weighted by Gasteiger charge is -2.26. The lowest BCUT2D eigenvalue weighted by molar-refractivity contribution is -0.270. The second kappa shape index (κ2) is 6.43. The predicted molar refractivity (Wildman–Crippen MR) is 77.2 cm³/mol. The first kappa shape index (κ1) is 18.3. The maximum Gasteiger partial charge on any atom is 0.373 e. The summed E-state index contributed by atoms with van der Waals surface area (Å²) in [6.45, 7) is 0. The molecule has 2 rings (SSSR count). The molecule has 2 aromatic rings. The van der Waals surface area contributed by atoms with Crippen molar-refractivity contribution < 1.29 is 31.1 Å². The van der Waals surface area contributed by atoms with Crippen LogP contribution in [-0.4, -0.2) is 12.3 Å². The van der Waals surface area contributed by atoms with Crippen LogP contribution in [0.3, 0.4) is 0 Å². The topological polar surface area (TPSA) is 35.2 Å². The molecular formula is C15H10ClF6NO. The van der Waals surface area contributed by atoms with Crippen LogP contribution < -0.4 is 10.5 Å². The minimum Gasteiger partial charge on any atom is -0.456 e. The Morgan fingerprint density at radius 2 is 1.54 bits per heavy atom. The zero-order valence-electron chi connectivity index (χ0n) is 11.8. The Bertz CT molecular complexity index is 720. The summed E-state index contributed by atoms with van der Waals surface area (Å²) in [5, 5.41) is 0.147. The van der Waals surface area contributed by atoms with Crippen molar-refractivity contribution in [2.45, 2.75) is 18.3 Å². The van der Waals surface area contributed by atoms with E-state index in [2.05, 4.69) is 0 Å². The minimum absolute atomic E-state index is 0.00147. The van der Waals surface area contributed by atoms with Crippen molar-refractivity contribution >= 4 is 17.3 Å². The van der Waals surface area contributed by atoms with E-state index in [0.29, 0.717) is 17.8 Å². The number of nitrogens with two attached hydrogens (primary N) is 1. The second-order valence-electron chi connectivity index (χ2n) is 4.81. The molecule has 0 aliphatic rings. The Hall–Kier alpha value is -2.09. The summed E-state index contributed by atoms with van der Waals surface area (Å²) in [6.07, 6.45) is -4.50. The van der Waals surface area contributed by atoms with Crippen molar-refractivity contribution in [1.29, 1.82) is 0 Å². The highest BCUT2D eigenvalue weighted by Crippen LogP contribution is 2.46. The van der Waals surface area contributed by atoms with Gasteiger partial charge in [0.05, 0.1) is 5.02 Å². The number of alkyl halides is 6. The van der Waals surface area contributed by atoms with Gasteiger partial charge in [0.25, 0.3) is 0 Å². The van der Waals surface area contributed by atoms with Crippen molar-refractivity contribution in [3.8, 4) is 11.5 Å². The molecule has 0 saturated heterocycles. The van der Waals surface area contributed by atoms with Crippen molar-refractivity contribution in [2.24, 2.45) is 0 Å². The van der Waals surface area contributed by atoms with Gasteiger partial charge in [-0.1, -0.05) is 11.6 Å². The van der Waals surface area contributed by atoms with Gasteiger partial charge < -0.3 is 10.5 Å². The third kappa shape index (κ3) is 3.38. The monoisotopic (exact) mass is 369 g/mol. The van der Waals surface area contributed by atoms with Gasteiger partial charge in [-0.15, -0.1) is 0 Å². The molecule has 0 bridgehead atoms. The Balaban J connectivity index is 2.24. The number of ether oxygens (including phenoxy) is 1. The van der Waals surface area contributed by atoms with Gasteiger partial charge in [-0.3, -0.25) is 0 Å². The molecule has 0 aliphatic heterocycles. The summed E-state index contributed by atoms with van der Waals surface area (Å²) in [7, 11) is 0. The van der Waals surface area contributed by atoms with Crippen molar-refractivity contribution in [3.05, 3.63) is 53.1 Å². The summed E-state index contributed by atoms with van der Waals surface area (Å²) in [4.78, 5) is 0. The molecule has 130 valence electrons. The Morgan fingerprint density at radius 3 is 2.04 bits per heavy atom. The zero-order valence-corrected chi connectivity index (χ0v) is 12.5. The Morgan fingerprint density at radius 1 is 0.958 bits per heavy atom. The summed E-state index contributed by atoms with van der Waals surface area (Å²) in [5.41, 5.74) is 4.61. The van der Waals surface area contributed by atoms with E-state index in [9.17, 15) is 26.3 Å². The smallest absolute Gasteiger partial charge is 0.373 e. The van der Waals surface area contributed by atoms with E-state index in [1.807, 2.05) is 0 Å². The summed E-state index contributed by atoms with van der Waals surface area (Å²) in [5.74, 6) is -10.4. The highest BCUT2D eigenvalue weighted by molar-refractivity contribution is 6.32. The number of rotatable bonds is 5. The molecule has 0 fully saturated rings. The van der Waals surface area contributed by atoms with Crippen LogP contribution in [0.4, 0.5) is 32.0 Å². The first-order valence-electron chi connectivity index (χ1n) is 6.43. The Labute approximate surface area is 137 Å². The van der Waals surface area contributed by atoms with Gasteiger partial charge in [-0.25, -0.2) is 8.78 Å². The van der Waals surface area contributed by atoms with Gasteiger partial charge in [0, 0.05) is 11.3 Å². The molecule has 9 heteroatoms. The highest BCUT2D eigenvalue weighted by Gasteiger charge is 2.63. The van der Waals surface area contributed by atoms with Crippen LogP contribution in [0.25, 0.3) is 0 Å². The molecule has 0 amide bonds. The molecule has 0 aromatic heterocycles. The van der Waals surface area contributed by atoms with Crippen LogP contribution >= 0.6 is 11.6 Å². The number of halogens is 7. The fourth-order valence-corrected chi connectivity index (χ4v) is 2.02. The lowest BCUT2D eigenvalue weighted by atomic mass is 10.0. The van der Waals surface area contributed by atoms with Crippen molar-refractivity contribution in [3.63, 3.8) is 0 Å². The van der Waals surface area contributed by atoms with E-state index >= 15 is 0 Å². The number of anilines is 1. The van der Waals surface area contributed by atoms with Gasteiger partial charge in [-0.2, -0.15) is 17.6 Å². The molecule has 0 radical (unpaired) electrons. The summed E-state index contributed by atoms with van der Waals surface area (Å²) in [6, 6.07) is 7.34. The van der Waals surface area contributed by atoms with Crippen molar-refractivity contribution in [1.82, 2.24) is 0 Å². The van der Waals surface area contributed by atoms with Crippen LogP contribution in [0.2, 0.25) is 5.02 Å². The van der Waals surface area contributed by atoms with E-state index in [1.165, 1.54) is 18.2 Å². The van der Waals surface area contributed by atoms with Gasteiger partial charge in [0.1, 0.15) is 11.5 Å². The SMILES string of the molecule is Nc1ccc(Oc2ccc(C(F)(F)C(F)(F)C(F)F)cc2)c(Cl)c1. The highest BCUT2D eigenvalue weighted by atomic mass is 35.5. The molecule has 0 atom stereocenters. The van der Waals surface area contributed by atoms with E-state index in [-0.39, 0.29) is 16.5 Å². The zero-order chi connectivity index (χ0) is 18.1. The van der Waals surface area contributed by atoms with Crippen LogP contribution in [0, 0.1) is 0 Å². The molecule has 0 aliphatic carbocycles. The second-order valence-corrected chi connectivity index (χ2v) is 5.22. The van der Waals surface area contributed by atoms with E-state index in [4.69, 9.17) is 22.1 Å². The van der Waals surface area contributed by atoms with Gasteiger partial charge in [0.15, 0.2) is 0 Å². The lowest BCUT2D eigenvalue weighted by Crippen LogP contribution is -2.44. The van der Waals surface area contributed by atoms with Gasteiger partial charge in [0.2, 0.25) is 0 Å².